The van der Waals surface area contributed by atoms with Crippen molar-refractivity contribution >= 4 is 41.7 Å². The first kappa shape index (κ1) is 20.1. The van der Waals surface area contributed by atoms with E-state index in [0.717, 1.165) is 49.6 Å². The third-order valence-corrected chi connectivity index (χ3v) is 5.80. The zero-order valence-corrected chi connectivity index (χ0v) is 16.2. The first-order chi connectivity index (χ1) is 11.7. The van der Waals surface area contributed by atoms with Crippen molar-refractivity contribution < 1.29 is 9.59 Å². The van der Waals surface area contributed by atoms with Crippen LogP contribution in [0.2, 0.25) is 0 Å². The molecule has 7 heteroatoms. The highest BCUT2D eigenvalue weighted by Crippen LogP contribution is 2.34. The lowest BCUT2D eigenvalue weighted by Crippen LogP contribution is -2.48. The molecule has 25 heavy (non-hydrogen) atoms. The lowest BCUT2D eigenvalue weighted by Gasteiger charge is -2.35. The summed E-state index contributed by atoms with van der Waals surface area (Å²) < 4.78 is 0. The minimum Gasteiger partial charge on any atom is -0.341 e. The Balaban J connectivity index is 0.00000225. The van der Waals surface area contributed by atoms with E-state index in [1.54, 1.807) is 16.7 Å². The number of para-hydroxylation sites is 1. The third-order valence-electron chi connectivity index (χ3n) is 4.75. The predicted octanol–water partition coefficient (Wildman–Crippen LogP) is 2.40. The summed E-state index contributed by atoms with van der Waals surface area (Å²) in [4.78, 5) is 29.6. The maximum Gasteiger partial charge on any atom is 0.242 e. The molecule has 1 fully saturated rings. The quantitative estimate of drug-likeness (QED) is 0.848. The van der Waals surface area contributed by atoms with E-state index < -0.39 is 0 Å². The van der Waals surface area contributed by atoms with E-state index in [2.05, 4.69) is 12.2 Å². The van der Waals surface area contributed by atoms with Crippen molar-refractivity contribution in [3.05, 3.63) is 24.3 Å². The average molecular weight is 384 g/mol. The first-order valence-electron chi connectivity index (χ1n) is 8.69. The number of carbonyl (C=O) groups is 2. The number of nitrogens with zero attached hydrogens (tertiary/aromatic N) is 2. The Labute approximate surface area is 159 Å². The van der Waals surface area contributed by atoms with E-state index >= 15 is 0 Å². The molecule has 1 aromatic carbocycles. The molecule has 2 aliphatic heterocycles. The van der Waals surface area contributed by atoms with Crippen LogP contribution in [0.1, 0.15) is 19.8 Å². The van der Waals surface area contributed by atoms with Crippen LogP contribution < -0.4 is 10.2 Å². The fourth-order valence-corrected chi connectivity index (χ4v) is 4.23. The van der Waals surface area contributed by atoms with Gasteiger partial charge < -0.3 is 15.1 Å². The molecule has 2 heterocycles. The number of thioether (sulfide) groups is 1. The number of hydrogen-bond donors (Lipinski definition) is 1. The van der Waals surface area contributed by atoms with E-state index in [1.807, 2.05) is 29.2 Å². The van der Waals surface area contributed by atoms with Crippen LogP contribution in [-0.4, -0.2) is 55.2 Å². The molecule has 5 nitrogen and oxygen atoms in total. The van der Waals surface area contributed by atoms with Gasteiger partial charge in [-0.15, -0.1) is 24.2 Å². The molecule has 0 aliphatic carbocycles. The molecular weight excluding hydrogens is 358 g/mol. The smallest absolute Gasteiger partial charge is 0.242 e. The Morgan fingerprint density at radius 1 is 1.28 bits per heavy atom. The number of benzene rings is 1. The summed E-state index contributed by atoms with van der Waals surface area (Å²) in [7, 11) is 0. The van der Waals surface area contributed by atoms with E-state index in [9.17, 15) is 9.59 Å². The third kappa shape index (κ3) is 4.90. The largest absolute Gasteiger partial charge is 0.341 e. The topological polar surface area (TPSA) is 52.7 Å². The second kappa shape index (κ2) is 9.46. The molecule has 0 spiro atoms. The molecule has 138 valence electrons. The van der Waals surface area contributed by atoms with Gasteiger partial charge in [-0.3, -0.25) is 9.59 Å². The van der Waals surface area contributed by atoms with Crippen molar-refractivity contribution in [3.8, 4) is 0 Å². The Morgan fingerprint density at radius 2 is 2.00 bits per heavy atom. The summed E-state index contributed by atoms with van der Waals surface area (Å²) in [5.74, 6) is 1.15. The van der Waals surface area contributed by atoms with E-state index in [-0.39, 0.29) is 30.8 Å². The molecule has 1 N–H and O–H groups in total. The Hall–Kier alpha value is -1.24. The summed E-state index contributed by atoms with van der Waals surface area (Å²) in [5, 5.41) is 3.39. The van der Waals surface area contributed by atoms with Crippen LogP contribution in [0, 0.1) is 5.92 Å². The van der Waals surface area contributed by atoms with Gasteiger partial charge in [-0.05, 0) is 44.0 Å². The zero-order chi connectivity index (χ0) is 16.9. The Bertz CT molecular complexity index is 606. The van der Waals surface area contributed by atoms with Crippen LogP contribution in [0.15, 0.2) is 29.2 Å². The Kier molecular flexibility index (Phi) is 7.59. The normalized spacial score (nSPS) is 17.9. The molecule has 0 bridgehead atoms. The van der Waals surface area contributed by atoms with Crippen LogP contribution in [0.25, 0.3) is 0 Å². The van der Waals surface area contributed by atoms with Crippen molar-refractivity contribution in [2.75, 3.05) is 43.4 Å². The van der Waals surface area contributed by atoms with Gasteiger partial charge >= 0.3 is 0 Å². The number of halogens is 1. The van der Waals surface area contributed by atoms with E-state index in [4.69, 9.17) is 0 Å². The minimum absolute atomic E-state index is 0. The lowest BCUT2D eigenvalue weighted by atomic mass is 9.96. The number of likely N-dealkylation sites (tertiary alicyclic amines) is 1. The number of amides is 2. The summed E-state index contributed by atoms with van der Waals surface area (Å²) >= 11 is 1.55. The van der Waals surface area contributed by atoms with Crippen LogP contribution in [0.4, 0.5) is 5.69 Å². The van der Waals surface area contributed by atoms with Gasteiger partial charge in [0.25, 0.3) is 0 Å². The first-order valence-corrected chi connectivity index (χ1v) is 9.68. The molecule has 0 radical (unpaired) electrons. The van der Waals surface area contributed by atoms with Gasteiger partial charge in [-0.2, -0.15) is 0 Å². The second-order valence-corrected chi connectivity index (χ2v) is 7.39. The number of nitrogens with one attached hydrogen (secondary N) is 1. The Morgan fingerprint density at radius 3 is 2.72 bits per heavy atom. The maximum absolute atomic E-state index is 12.7. The number of piperidine rings is 1. The summed E-state index contributed by atoms with van der Waals surface area (Å²) in [5.41, 5.74) is 0.870. The molecule has 1 aromatic rings. The molecule has 0 atom stereocenters. The van der Waals surface area contributed by atoms with Gasteiger partial charge in [-0.1, -0.05) is 19.1 Å². The maximum atomic E-state index is 12.7. The van der Waals surface area contributed by atoms with Gasteiger partial charge in [0.1, 0.15) is 6.54 Å². The van der Waals surface area contributed by atoms with Crippen molar-refractivity contribution in [3.63, 3.8) is 0 Å². The van der Waals surface area contributed by atoms with E-state index in [0.29, 0.717) is 11.7 Å². The fraction of sp³-hybridized carbons (Fsp3) is 0.556. The van der Waals surface area contributed by atoms with Crippen LogP contribution in [0.5, 0.6) is 0 Å². The molecule has 0 saturated carbocycles. The molecule has 2 amide bonds. The number of rotatable bonds is 5. The van der Waals surface area contributed by atoms with Crippen LogP contribution in [-0.2, 0) is 9.59 Å². The van der Waals surface area contributed by atoms with Crippen LogP contribution in [0.3, 0.4) is 0 Å². The van der Waals surface area contributed by atoms with E-state index in [1.165, 1.54) is 0 Å². The predicted molar refractivity (Wildman–Crippen MR) is 105 cm³/mol. The number of carbonyl (C=O) groups excluding carboxylic acids is 2. The monoisotopic (exact) mass is 383 g/mol. The second-order valence-electron chi connectivity index (χ2n) is 6.37. The standard InChI is InChI=1S/C18H25N3O2S.ClH/c1-2-19-11-14-7-9-20(10-8-14)17(22)12-21-15-5-3-4-6-16(15)24-13-18(21)23;/h3-6,14,19H,2,7-13H2,1H3;1H. The van der Waals surface area contributed by atoms with Crippen molar-refractivity contribution in [1.29, 1.82) is 0 Å². The van der Waals surface area contributed by atoms with Gasteiger partial charge in [0.05, 0.1) is 11.4 Å². The number of hydrogen-bond acceptors (Lipinski definition) is 4. The molecule has 2 aliphatic rings. The van der Waals surface area contributed by atoms with Crippen molar-refractivity contribution in [1.82, 2.24) is 10.2 Å². The van der Waals surface area contributed by atoms with Crippen molar-refractivity contribution in [2.45, 2.75) is 24.7 Å². The highest BCUT2D eigenvalue weighted by Gasteiger charge is 2.29. The summed E-state index contributed by atoms with van der Waals surface area (Å²) in [6.45, 7) is 5.90. The summed E-state index contributed by atoms with van der Waals surface area (Å²) in [6, 6.07) is 7.82. The highest BCUT2D eigenvalue weighted by molar-refractivity contribution is 8.00. The molecule has 0 aromatic heterocycles. The molecule has 0 unspecified atom stereocenters. The van der Waals surface area contributed by atoms with Gasteiger partial charge in [0.2, 0.25) is 11.8 Å². The number of fused-ring (bicyclic) bond motifs is 1. The van der Waals surface area contributed by atoms with Gasteiger partial charge in [-0.25, -0.2) is 0 Å². The zero-order valence-electron chi connectivity index (χ0n) is 14.6. The minimum atomic E-state index is 0. The highest BCUT2D eigenvalue weighted by atomic mass is 35.5. The summed E-state index contributed by atoms with van der Waals surface area (Å²) in [6.07, 6.45) is 2.08. The average Bonchev–Trinajstić information content (AvgIpc) is 2.62. The molecule has 3 rings (SSSR count). The van der Waals surface area contributed by atoms with Gasteiger partial charge in [0.15, 0.2) is 0 Å². The molecular formula is C18H26ClN3O2S. The fourth-order valence-electron chi connectivity index (χ4n) is 3.30. The van der Waals surface area contributed by atoms with Crippen molar-refractivity contribution in [2.24, 2.45) is 5.92 Å². The van der Waals surface area contributed by atoms with Gasteiger partial charge in [0, 0.05) is 18.0 Å². The number of anilines is 1. The SMILES string of the molecule is CCNCC1CCN(C(=O)CN2C(=O)CSc3ccccc32)CC1.Cl. The molecule has 1 saturated heterocycles. The lowest BCUT2D eigenvalue weighted by molar-refractivity contribution is -0.132. The van der Waals surface area contributed by atoms with Crippen LogP contribution >= 0.6 is 24.2 Å².